The van der Waals surface area contributed by atoms with Crippen molar-refractivity contribution < 1.29 is 14.3 Å². The number of carbonyl (C=O) groups is 2. The zero-order chi connectivity index (χ0) is 17.7. The number of nitrogens with one attached hydrogen (secondary N) is 2. The third kappa shape index (κ3) is 5.79. The number of aryl methyl sites for hydroxylation is 1. The smallest absolute Gasteiger partial charge is 0.348 e. The molecule has 0 saturated carbocycles. The highest BCUT2D eigenvalue weighted by Gasteiger charge is 2.15. The molecule has 0 aliphatic heterocycles. The van der Waals surface area contributed by atoms with Gasteiger partial charge in [-0.3, -0.25) is 10.1 Å². The summed E-state index contributed by atoms with van der Waals surface area (Å²) in [5.74, 6) is 0.455. The highest BCUT2D eigenvalue weighted by Crippen LogP contribution is 2.26. The monoisotopic (exact) mass is 365 g/mol. The Morgan fingerprint density at radius 3 is 2.56 bits per heavy atom. The van der Waals surface area contributed by atoms with Gasteiger partial charge in [0.25, 0.3) is 0 Å². The lowest BCUT2D eigenvalue weighted by Crippen LogP contribution is -2.14. The Kier molecular flexibility index (Phi) is 7.43. The molecule has 0 bridgehead atoms. The molecule has 0 saturated heterocycles. The molecule has 2 aromatic heterocycles. The molecule has 1 unspecified atom stereocenters. The zero-order valence-corrected chi connectivity index (χ0v) is 14.7. The number of hydrogen-bond acceptors (Lipinski definition) is 8. The van der Waals surface area contributed by atoms with Gasteiger partial charge < -0.3 is 10.1 Å². The SMILES string of the molecule is C.CCOC(=O)c1ccc(C(C)Nc2nc(C)nc(NC(C)=O)n2)s1. The van der Waals surface area contributed by atoms with E-state index in [0.29, 0.717) is 23.3 Å². The van der Waals surface area contributed by atoms with Gasteiger partial charge in [0, 0.05) is 11.8 Å². The second kappa shape index (κ2) is 9.07. The summed E-state index contributed by atoms with van der Waals surface area (Å²) in [5.41, 5.74) is 0. The number of anilines is 2. The molecule has 0 radical (unpaired) electrons. The number of rotatable bonds is 6. The van der Waals surface area contributed by atoms with Crippen molar-refractivity contribution in [2.45, 2.75) is 41.2 Å². The summed E-state index contributed by atoms with van der Waals surface area (Å²) in [5, 5.41) is 5.67. The van der Waals surface area contributed by atoms with Crippen LogP contribution in [-0.4, -0.2) is 33.4 Å². The Hall–Kier alpha value is -2.55. The quantitative estimate of drug-likeness (QED) is 0.757. The van der Waals surface area contributed by atoms with Crippen LogP contribution in [0.1, 0.15) is 54.6 Å². The van der Waals surface area contributed by atoms with Crippen LogP contribution in [0.3, 0.4) is 0 Å². The van der Waals surface area contributed by atoms with E-state index in [1.54, 1.807) is 19.9 Å². The standard InChI is InChI=1S/C15H19N5O3S.CH4/c1-5-23-13(22)12-7-6-11(24-12)8(2)16-14-17-9(3)18-15(20-14)19-10(4)21;/h6-8H,5H2,1-4H3,(H2,16,17,18,19,20,21);1H4. The van der Waals surface area contributed by atoms with Crippen LogP contribution in [0.5, 0.6) is 0 Å². The van der Waals surface area contributed by atoms with Crippen molar-refractivity contribution in [2.75, 3.05) is 17.2 Å². The van der Waals surface area contributed by atoms with Crippen LogP contribution in [0.4, 0.5) is 11.9 Å². The largest absolute Gasteiger partial charge is 0.462 e. The van der Waals surface area contributed by atoms with Gasteiger partial charge in [-0.15, -0.1) is 11.3 Å². The van der Waals surface area contributed by atoms with E-state index in [1.165, 1.54) is 18.3 Å². The maximum atomic E-state index is 11.7. The predicted molar refractivity (Wildman–Crippen MR) is 97.9 cm³/mol. The number of thiophene rings is 1. The van der Waals surface area contributed by atoms with E-state index >= 15 is 0 Å². The number of ether oxygens (including phenoxy) is 1. The van der Waals surface area contributed by atoms with Crippen molar-refractivity contribution in [1.29, 1.82) is 0 Å². The van der Waals surface area contributed by atoms with Crippen LogP contribution in [-0.2, 0) is 9.53 Å². The Morgan fingerprint density at radius 2 is 1.92 bits per heavy atom. The van der Waals surface area contributed by atoms with Gasteiger partial charge in [0.2, 0.25) is 17.8 Å². The van der Waals surface area contributed by atoms with Crippen molar-refractivity contribution in [3.05, 3.63) is 27.7 Å². The van der Waals surface area contributed by atoms with E-state index in [1.807, 2.05) is 13.0 Å². The van der Waals surface area contributed by atoms with E-state index in [9.17, 15) is 9.59 Å². The summed E-state index contributed by atoms with van der Waals surface area (Å²) in [7, 11) is 0. The minimum atomic E-state index is -0.329. The fourth-order valence-corrected chi connectivity index (χ4v) is 2.83. The van der Waals surface area contributed by atoms with Crippen molar-refractivity contribution in [3.63, 3.8) is 0 Å². The van der Waals surface area contributed by atoms with Gasteiger partial charge >= 0.3 is 5.97 Å². The maximum Gasteiger partial charge on any atom is 0.348 e. The van der Waals surface area contributed by atoms with Crippen LogP contribution < -0.4 is 10.6 Å². The molecule has 8 nitrogen and oxygen atoms in total. The molecule has 2 rings (SSSR count). The van der Waals surface area contributed by atoms with Crippen LogP contribution in [0.15, 0.2) is 12.1 Å². The minimum absolute atomic E-state index is 0. The molecule has 2 N–H and O–H groups in total. The van der Waals surface area contributed by atoms with Crippen LogP contribution in [0, 0.1) is 6.92 Å². The van der Waals surface area contributed by atoms with Crippen molar-refractivity contribution in [2.24, 2.45) is 0 Å². The molecule has 0 spiro atoms. The highest BCUT2D eigenvalue weighted by atomic mass is 32.1. The number of amides is 1. The Bertz CT molecular complexity index is 747. The van der Waals surface area contributed by atoms with Crippen LogP contribution in [0.25, 0.3) is 0 Å². The van der Waals surface area contributed by atoms with Crippen LogP contribution in [0.2, 0.25) is 0 Å². The number of carbonyl (C=O) groups excluding carboxylic acids is 2. The molecule has 0 aliphatic rings. The molecule has 2 heterocycles. The van der Waals surface area contributed by atoms with Crippen molar-refractivity contribution in [1.82, 2.24) is 15.0 Å². The number of hydrogen-bond donors (Lipinski definition) is 2. The minimum Gasteiger partial charge on any atom is -0.462 e. The van der Waals surface area contributed by atoms with E-state index < -0.39 is 0 Å². The molecule has 1 amide bonds. The Labute approximate surface area is 151 Å². The average Bonchev–Trinajstić information content (AvgIpc) is 2.96. The predicted octanol–water partition coefficient (Wildman–Crippen LogP) is 3.19. The first-order valence-electron chi connectivity index (χ1n) is 7.42. The summed E-state index contributed by atoms with van der Waals surface area (Å²) in [6.45, 7) is 7.14. The summed E-state index contributed by atoms with van der Waals surface area (Å²) < 4.78 is 4.99. The molecule has 0 aromatic carbocycles. The lowest BCUT2D eigenvalue weighted by atomic mass is 10.3. The molecule has 136 valence electrons. The highest BCUT2D eigenvalue weighted by molar-refractivity contribution is 7.14. The van der Waals surface area contributed by atoms with E-state index in [-0.39, 0.29) is 31.3 Å². The summed E-state index contributed by atoms with van der Waals surface area (Å²) in [6.07, 6.45) is 0. The van der Waals surface area contributed by atoms with E-state index in [4.69, 9.17) is 4.74 Å². The molecule has 25 heavy (non-hydrogen) atoms. The van der Waals surface area contributed by atoms with Gasteiger partial charge in [0.05, 0.1) is 12.6 Å². The van der Waals surface area contributed by atoms with Crippen molar-refractivity contribution in [3.8, 4) is 0 Å². The first kappa shape index (κ1) is 20.5. The molecule has 1 atom stereocenters. The topological polar surface area (TPSA) is 106 Å². The lowest BCUT2D eigenvalue weighted by molar-refractivity contribution is -0.114. The van der Waals surface area contributed by atoms with Gasteiger partial charge in [0.1, 0.15) is 10.7 Å². The Balaban J connectivity index is 0.00000312. The first-order valence-corrected chi connectivity index (χ1v) is 8.24. The molecular weight excluding hydrogens is 342 g/mol. The van der Waals surface area contributed by atoms with Gasteiger partial charge in [-0.05, 0) is 32.9 Å². The zero-order valence-electron chi connectivity index (χ0n) is 13.9. The molecular formula is C16H23N5O3S. The molecule has 0 fully saturated rings. The third-order valence-electron chi connectivity index (χ3n) is 2.91. The third-order valence-corrected chi connectivity index (χ3v) is 4.16. The second-order valence-electron chi connectivity index (χ2n) is 5.00. The number of aromatic nitrogens is 3. The average molecular weight is 365 g/mol. The number of nitrogens with zero attached hydrogens (tertiary/aromatic N) is 3. The molecule has 2 aromatic rings. The lowest BCUT2D eigenvalue weighted by Gasteiger charge is -2.13. The van der Waals surface area contributed by atoms with Gasteiger partial charge in [-0.2, -0.15) is 15.0 Å². The summed E-state index contributed by atoms with van der Waals surface area (Å²) in [4.78, 5) is 36.8. The van der Waals surface area contributed by atoms with Crippen LogP contribution >= 0.6 is 11.3 Å². The normalized spacial score (nSPS) is 11.2. The van der Waals surface area contributed by atoms with Gasteiger partial charge in [-0.25, -0.2) is 4.79 Å². The second-order valence-corrected chi connectivity index (χ2v) is 6.11. The number of esters is 1. The maximum absolute atomic E-state index is 11.7. The summed E-state index contributed by atoms with van der Waals surface area (Å²) >= 11 is 1.35. The van der Waals surface area contributed by atoms with Crippen molar-refractivity contribution >= 4 is 35.1 Å². The molecule has 0 aliphatic carbocycles. The first-order chi connectivity index (χ1) is 11.4. The fraction of sp³-hybridized carbons (Fsp3) is 0.438. The summed E-state index contributed by atoms with van der Waals surface area (Å²) in [6, 6.07) is 3.47. The van der Waals surface area contributed by atoms with E-state index in [2.05, 4.69) is 25.6 Å². The fourth-order valence-electron chi connectivity index (χ4n) is 1.92. The van der Waals surface area contributed by atoms with Gasteiger partial charge in [0.15, 0.2) is 0 Å². The molecule has 9 heteroatoms. The van der Waals surface area contributed by atoms with Gasteiger partial charge in [-0.1, -0.05) is 7.43 Å². The van der Waals surface area contributed by atoms with E-state index in [0.717, 1.165) is 4.88 Å². The Morgan fingerprint density at radius 1 is 1.24 bits per heavy atom.